The van der Waals surface area contributed by atoms with Crippen LogP contribution in [-0.4, -0.2) is 29.9 Å². The molecule has 0 atom stereocenters. The van der Waals surface area contributed by atoms with E-state index in [9.17, 15) is 22.8 Å². The van der Waals surface area contributed by atoms with E-state index >= 15 is 0 Å². The first-order valence-corrected chi connectivity index (χ1v) is 8.87. The molecule has 28 heavy (non-hydrogen) atoms. The molecular weight excluding hydrogens is 401 g/mol. The summed E-state index contributed by atoms with van der Waals surface area (Å²) in [5.74, 6) is -1.35. The maximum atomic E-state index is 12.9. The third-order valence-electron chi connectivity index (χ3n) is 3.12. The van der Waals surface area contributed by atoms with E-state index in [0.29, 0.717) is 0 Å². The van der Waals surface area contributed by atoms with E-state index in [4.69, 9.17) is 21.1 Å². The number of benzene rings is 1. The second kappa shape index (κ2) is 10.3. The van der Waals surface area contributed by atoms with Crippen LogP contribution < -0.4 is 5.43 Å². The number of halogens is 4. The van der Waals surface area contributed by atoms with Crippen molar-refractivity contribution in [2.24, 2.45) is 5.10 Å². The molecule has 0 amide bonds. The summed E-state index contributed by atoms with van der Waals surface area (Å²) in [5, 5.41) is 3.79. The average molecular weight is 423 g/mol. The SMILES string of the molecule is CC(C)OC(=O)CCC(=NNc1cc(C(F)(F)F)ccc1Cl)C(=O)OC(C)C. The van der Waals surface area contributed by atoms with Gasteiger partial charge in [0.25, 0.3) is 0 Å². The predicted octanol–water partition coefficient (Wildman–Crippen LogP) is 4.81. The third-order valence-corrected chi connectivity index (χ3v) is 3.45. The number of hydrazone groups is 1. The molecule has 0 unspecified atom stereocenters. The van der Waals surface area contributed by atoms with Crippen molar-refractivity contribution in [3.05, 3.63) is 28.8 Å². The topological polar surface area (TPSA) is 77.0 Å². The van der Waals surface area contributed by atoms with Gasteiger partial charge in [0, 0.05) is 6.42 Å². The highest BCUT2D eigenvalue weighted by Crippen LogP contribution is 2.33. The minimum atomic E-state index is -4.56. The van der Waals surface area contributed by atoms with Gasteiger partial charge in [0.1, 0.15) is 5.71 Å². The molecule has 1 rings (SSSR count). The molecule has 6 nitrogen and oxygen atoms in total. The number of ether oxygens (including phenoxy) is 2. The van der Waals surface area contributed by atoms with Crippen LogP contribution in [0.15, 0.2) is 23.3 Å². The number of hydrogen-bond donors (Lipinski definition) is 1. The molecule has 0 spiro atoms. The van der Waals surface area contributed by atoms with Gasteiger partial charge in [-0.2, -0.15) is 18.3 Å². The maximum absolute atomic E-state index is 12.9. The standard InChI is InChI=1S/C18H22ClF3N2O4/c1-10(2)27-16(25)8-7-14(17(26)28-11(3)4)23-24-15-9-12(18(20,21)22)5-6-13(15)19/h5-6,9-11,24H,7-8H2,1-4H3. The van der Waals surface area contributed by atoms with Gasteiger partial charge in [-0.15, -0.1) is 0 Å². The van der Waals surface area contributed by atoms with Crippen molar-refractivity contribution in [2.45, 2.75) is 58.9 Å². The van der Waals surface area contributed by atoms with E-state index in [2.05, 4.69) is 10.5 Å². The fourth-order valence-electron chi connectivity index (χ4n) is 1.94. The minimum absolute atomic E-state index is 0.0208. The van der Waals surface area contributed by atoms with Gasteiger partial charge in [0.2, 0.25) is 0 Å². The van der Waals surface area contributed by atoms with Gasteiger partial charge < -0.3 is 9.47 Å². The number of nitrogens with one attached hydrogen (secondary N) is 1. The number of rotatable bonds is 8. The summed E-state index contributed by atoms with van der Waals surface area (Å²) >= 11 is 5.89. The molecule has 1 aromatic carbocycles. The van der Waals surface area contributed by atoms with E-state index in [1.165, 1.54) is 0 Å². The molecule has 10 heteroatoms. The summed E-state index contributed by atoms with van der Waals surface area (Å²) < 4.78 is 48.6. The molecule has 156 valence electrons. The molecule has 0 saturated carbocycles. The summed E-state index contributed by atoms with van der Waals surface area (Å²) in [6.45, 7) is 6.60. The molecule has 0 saturated heterocycles. The van der Waals surface area contributed by atoms with Crippen LogP contribution in [0.5, 0.6) is 0 Å². The van der Waals surface area contributed by atoms with Crippen LogP contribution in [0, 0.1) is 0 Å². The summed E-state index contributed by atoms with van der Waals surface area (Å²) in [7, 11) is 0. The molecule has 0 radical (unpaired) electrons. The highest BCUT2D eigenvalue weighted by Gasteiger charge is 2.31. The second-order valence-corrected chi connectivity index (χ2v) is 6.76. The van der Waals surface area contributed by atoms with Crippen LogP contribution in [0.1, 0.15) is 46.1 Å². The molecule has 0 aromatic heterocycles. The highest BCUT2D eigenvalue weighted by molar-refractivity contribution is 6.37. The number of carbonyl (C=O) groups is 2. The number of alkyl halides is 3. The zero-order chi connectivity index (χ0) is 21.5. The second-order valence-electron chi connectivity index (χ2n) is 6.36. The first-order valence-electron chi connectivity index (χ1n) is 8.50. The Hall–Kier alpha value is -2.29. The fourth-order valence-corrected chi connectivity index (χ4v) is 2.10. The Labute approximate surface area is 166 Å². The van der Waals surface area contributed by atoms with Crippen LogP contribution in [0.2, 0.25) is 5.02 Å². The zero-order valence-electron chi connectivity index (χ0n) is 15.9. The van der Waals surface area contributed by atoms with Gasteiger partial charge >= 0.3 is 18.1 Å². The highest BCUT2D eigenvalue weighted by atomic mass is 35.5. The lowest BCUT2D eigenvalue weighted by atomic mass is 10.2. The number of esters is 2. The summed E-state index contributed by atoms with van der Waals surface area (Å²) in [5.41, 5.74) is 1.10. The molecule has 0 aliphatic rings. The lowest BCUT2D eigenvalue weighted by molar-refractivity contribution is -0.147. The summed E-state index contributed by atoms with van der Waals surface area (Å²) in [6.07, 6.45) is -5.61. The first kappa shape index (κ1) is 23.7. The van der Waals surface area contributed by atoms with Crippen molar-refractivity contribution in [1.82, 2.24) is 0 Å². The normalized spacial score (nSPS) is 12.3. The van der Waals surface area contributed by atoms with E-state index in [1.807, 2.05) is 0 Å². The molecule has 0 heterocycles. The Balaban J connectivity index is 3.02. The lowest BCUT2D eigenvalue weighted by Gasteiger charge is -2.13. The molecule has 1 N–H and O–H groups in total. The van der Waals surface area contributed by atoms with Crippen LogP contribution in [0.25, 0.3) is 0 Å². The van der Waals surface area contributed by atoms with Crippen LogP contribution in [0.4, 0.5) is 18.9 Å². The Bertz CT molecular complexity index is 734. The van der Waals surface area contributed by atoms with Crippen molar-refractivity contribution in [1.29, 1.82) is 0 Å². The van der Waals surface area contributed by atoms with Gasteiger partial charge in [0.05, 0.1) is 34.9 Å². The average Bonchev–Trinajstić information content (AvgIpc) is 2.53. The van der Waals surface area contributed by atoms with Crippen LogP contribution in [-0.2, 0) is 25.2 Å². The molecule has 0 aliphatic heterocycles. The number of nitrogens with zero attached hydrogens (tertiary/aromatic N) is 1. The third kappa shape index (κ3) is 8.16. The zero-order valence-corrected chi connectivity index (χ0v) is 16.6. The van der Waals surface area contributed by atoms with Gasteiger partial charge in [-0.1, -0.05) is 11.6 Å². The monoisotopic (exact) mass is 422 g/mol. The van der Waals surface area contributed by atoms with Gasteiger partial charge in [-0.05, 0) is 45.9 Å². The van der Waals surface area contributed by atoms with Gasteiger partial charge in [-0.25, -0.2) is 4.79 Å². The number of carbonyl (C=O) groups excluding carboxylic acids is 2. The van der Waals surface area contributed by atoms with Crippen LogP contribution in [0.3, 0.4) is 0 Å². The van der Waals surface area contributed by atoms with Gasteiger partial charge in [0.15, 0.2) is 0 Å². The largest absolute Gasteiger partial charge is 0.463 e. The Morgan fingerprint density at radius 1 is 1.11 bits per heavy atom. The summed E-state index contributed by atoms with van der Waals surface area (Å²) in [4.78, 5) is 23.9. The smallest absolute Gasteiger partial charge is 0.416 e. The first-order chi connectivity index (χ1) is 12.9. The molecule has 0 fully saturated rings. The Kier molecular flexibility index (Phi) is 8.74. The number of anilines is 1. The minimum Gasteiger partial charge on any atom is -0.463 e. The Morgan fingerprint density at radius 3 is 2.25 bits per heavy atom. The quantitative estimate of drug-likeness (QED) is 0.369. The van der Waals surface area contributed by atoms with Crippen molar-refractivity contribution >= 4 is 34.9 Å². The molecule has 0 aliphatic carbocycles. The van der Waals surface area contributed by atoms with E-state index < -0.39 is 29.8 Å². The molecule has 1 aromatic rings. The van der Waals surface area contributed by atoms with Crippen molar-refractivity contribution in [3.8, 4) is 0 Å². The summed E-state index contributed by atoms with van der Waals surface area (Å²) in [6, 6.07) is 2.66. The van der Waals surface area contributed by atoms with Gasteiger partial charge in [-0.3, -0.25) is 10.2 Å². The van der Waals surface area contributed by atoms with Crippen LogP contribution >= 0.6 is 11.6 Å². The fraction of sp³-hybridized carbons (Fsp3) is 0.500. The van der Waals surface area contributed by atoms with Crippen molar-refractivity contribution in [3.63, 3.8) is 0 Å². The molecular formula is C18H22ClF3N2O4. The predicted molar refractivity (Wildman–Crippen MR) is 99.2 cm³/mol. The maximum Gasteiger partial charge on any atom is 0.416 e. The lowest BCUT2D eigenvalue weighted by Crippen LogP contribution is -2.24. The van der Waals surface area contributed by atoms with E-state index in [1.54, 1.807) is 27.7 Å². The molecule has 0 bridgehead atoms. The number of hydrogen-bond acceptors (Lipinski definition) is 6. The Morgan fingerprint density at radius 2 is 1.71 bits per heavy atom. The van der Waals surface area contributed by atoms with Crippen molar-refractivity contribution in [2.75, 3.05) is 5.43 Å². The van der Waals surface area contributed by atoms with E-state index in [-0.39, 0.29) is 35.4 Å². The van der Waals surface area contributed by atoms with E-state index in [0.717, 1.165) is 18.2 Å². The van der Waals surface area contributed by atoms with Crippen molar-refractivity contribution < 1.29 is 32.2 Å².